The molecule has 0 bridgehead atoms. The van der Waals surface area contributed by atoms with Gasteiger partial charge < -0.3 is 9.84 Å². The number of likely N-dealkylation sites (N-methyl/N-ethyl adjacent to an activating group) is 1. The summed E-state index contributed by atoms with van der Waals surface area (Å²) in [6.45, 7) is 3.28. The molecular formula is C8H19N2O2+. The molecular weight excluding hydrogens is 156 g/mol. The summed E-state index contributed by atoms with van der Waals surface area (Å²) in [5.41, 5.74) is 0. The van der Waals surface area contributed by atoms with Crippen LogP contribution in [0.4, 0.5) is 0 Å². The molecule has 0 spiro atoms. The maximum atomic E-state index is 9.85. The SMILES string of the molecule is CN(C)C(O)[N+]1(C)CCOCC1. The molecule has 1 fully saturated rings. The lowest BCUT2D eigenvalue weighted by Gasteiger charge is -2.42. The first-order valence-electron chi connectivity index (χ1n) is 4.33. The van der Waals surface area contributed by atoms with Crippen LogP contribution in [0.5, 0.6) is 0 Å². The molecule has 4 nitrogen and oxygen atoms in total. The molecule has 0 aliphatic carbocycles. The second-order valence-electron chi connectivity index (χ2n) is 3.85. The van der Waals surface area contributed by atoms with Crippen LogP contribution in [0.15, 0.2) is 0 Å². The van der Waals surface area contributed by atoms with Crippen molar-refractivity contribution in [3.8, 4) is 0 Å². The van der Waals surface area contributed by atoms with Crippen LogP contribution in [0.1, 0.15) is 0 Å². The molecule has 1 aliphatic rings. The second-order valence-corrected chi connectivity index (χ2v) is 3.85. The number of quaternary nitrogens is 1. The maximum Gasteiger partial charge on any atom is 0.252 e. The van der Waals surface area contributed by atoms with Crippen LogP contribution in [0.25, 0.3) is 0 Å². The van der Waals surface area contributed by atoms with Crippen LogP contribution in [0.2, 0.25) is 0 Å². The third-order valence-corrected chi connectivity index (χ3v) is 2.51. The predicted octanol–water partition coefficient (Wildman–Crippen LogP) is -0.699. The highest BCUT2D eigenvalue weighted by atomic mass is 16.5. The standard InChI is InChI=1S/C8H19N2O2/c1-9(2)8(11)10(3)4-6-12-7-5-10/h8,11H,4-7H2,1-3H3/q+1. The van der Waals surface area contributed by atoms with Gasteiger partial charge in [0.15, 0.2) is 0 Å². The Morgan fingerprint density at radius 2 is 1.83 bits per heavy atom. The van der Waals surface area contributed by atoms with E-state index in [0.29, 0.717) is 4.48 Å². The van der Waals surface area contributed by atoms with Gasteiger partial charge in [-0.1, -0.05) is 0 Å². The van der Waals surface area contributed by atoms with Gasteiger partial charge in [0.1, 0.15) is 13.1 Å². The van der Waals surface area contributed by atoms with Gasteiger partial charge in [0.25, 0.3) is 6.35 Å². The number of ether oxygens (including phenoxy) is 1. The van der Waals surface area contributed by atoms with Crippen molar-refractivity contribution in [2.75, 3.05) is 47.4 Å². The average Bonchev–Trinajstić information content (AvgIpc) is 2.04. The van der Waals surface area contributed by atoms with Crippen LogP contribution < -0.4 is 0 Å². The molecule has 0 aromatic carbocycles. The lowest BCUT2D eigenvalue weighted by atomic mass is 10.3. The molecule has 0 aromatic heterocycles. The van der Waals surface area contributed by atoms with Gasteiger partial charge in [-0.05, 0) is 14.1 Å². The fourth-order valence-corrected chi connectivity index (χ4v) is 1.55. The Labute approximate surface area is 73.9 Å². The summed E-state index contributed by atoms with van der Waals surface area (Å²) >= 11 is 0. The smallest absolute Gasteiger partial charge is 0.252 e. The second kappa shape index (κ2) is 3.70. The van der Waals surface area contributed by atoms with Crippen molar-refractivity contribution >= 4 is 0 Å². The summed E-state index contributed by atoms with van der Waals surface area (Å²) < 4.78 is 5.92. The summed E-state index contributed by atoms with van der Waals surface area (Å²) in [6.07, 6.45) is -0.408. The maximum absolute atomic E-state index is 9.85. The molecule has 0 saturated carbocycles. The topological polar surface area (TPSA) is 32.7 Å². The van der Waals surface area contributed by atoms with E-state index in [1.807, 2.05) is 19.0 Å². The van der Waals surface area contributed by atoms with Crippen molar-refractivity contribution in [1.29, 1.82) is 0 Å². The van der Waals surface area contributed by atoms with Crippen molar-refractivity contribution in [3.63, 3.8) is 0 Å². The molecule has 1 rings (SSSR count). The lowest BCUT2D eigenvalue weighted by molar-refractivity contribution is -0.971. The number of hydrogen-bond acceptors (Lipinski definition) is 3. The molecule has 0 aromatic rings. The average molecular weight is 175 g/mol. The summed E-state index contributed by atoms with van der Waals surface area (Å²) in [6, 6.07) is 0. The minimum absolute atomic E-state index is 0.408. The number of nitrogens with zero attached hydrogens (tertiary/aromatic N) is 2. The third kappa shape index (κ3) is 1.95. The van der Waals surface area contributed by atoms with Gasteiger partial charge in [0, 0.05) is 0 Å². The zero-order chi connectivity index (χ0) is 9.19. The Balaban J connectivity index is 2.56. The van der Waals surface area contributed by atoms with E-state index in [4.69, 9.17) is 4.74 Å². The largest absolute Gasteiger partial charge is 0.370 e. The molecule has 0 amide bonds. The van der Waals surface area contributed by atoms with Crippen LogP contribution in [-0.2, 0) is 4.74 Å². The third-order valence-electron chi connectivity index (χ3n) is 2.51. The highest BCUT2D eigenvalue weighted by molar-refractivity contribution is 4.48. The van der Waals surface area contributed by atoms with Crippen molar-refractivity contribution in [3.05, 3.63) is 0 Å². The zero-order valence-corrected chi connectivity index (χ0v) is 8.16. The van der Waals surface area contributed by atoms with Gasteiger partial charge >= 0.3 is 0 Å². The first-order valence-corrected chi connectivity index (χ1v) is 4.33. The predicted molar refractivity (Wildman–Crippen MR) is 46.4 cm³/mol. The molecule has 1 unspecified atom stereocenters. The molecule has 1 N–H and O–H groups in total. The molecule has 4 heteroatoms. The number of hydrogen-bond donors (Lipinski definition) is 1. The van der Waals surface area contributed by atoms with Crippen molar-refractivity contribution < 1.29 is 14.3 Å². The van der Waals surface area contributed by atoms with Crippen molar-refractivity contribution in [2.24, 2.45) is 0 Å². The molecule has 1 atom stereocenters. The summed E-state index contributed by atoms with van der Waals surface area (Å²) in [7, 11) is 5.85. The minimum Gasteiger partial charge on any atom is -0.370 e. The fourth-order valence-electron chi connectivity index (χ4n) is 1.55. The number of morpholine rings is 1. The van der Waals surface area contributed by atoms with E-state index in [1.165, 1.54) is 0 Å². The Morgan fingerprint density at radius 1 is 1.33 bits per heavy atom. The highest BCUT2D eigenvalue weighted by Gasteiger charge is 2.34. The van der Waals surface area contributed by atoms with Gasteiger partial charge in [0.2, 0.25) is 0 Å². The lowest BCUT2D eigenvalue weighted by Crippen LogP contribution is -2.62. The molecule has 1 aliphatic heterocycles. The molecule has 1 heterocycles. The van der Waals surface area contributed by atoms with E-state index in [1.54, 1.807) is 0 Å². The fraction of sp³-hybridized carbons (Fsp3) is 1.00. The van der Waals surface area contributed by atoms with Crippen molar-refractivity contribution in [2.45, 2.75) is 6.35 Å². The van der Waals surface area contributed by atoms with Gasteiger partial charge in [-0.25, -0.2) is 4.90 Å². The number of rotatable bonds is 2. The van der Waals surface area contributed by atoms with Gasteiger partial charge in [-0.3, -0.25) is 4.48 Å². The van der Waals surface area contributed by atoms with Crippen LogP contribution in [0.3, 0.4) is 0 Å². The number of aliphatic hydroxyl groups is 1. The van der Waals surface area contributed by atoms with Crippen LogP contribution >= 0.6 is 0 Å². The minimum atomic E-state index is -0.408. The number of aliphatic hydroxyl groups excluding tert-OH is 1. The van der Waals surface area contributed by atoms with Gasteiger partial charge in [-0.15, -0.1) is 0 Å². The summed E-state index contributed by atoms with van der Waals surface area (Å²) in [5.74, 6) is 0. The zero-order valence-electron chi connectivity index (χ0n) is 8.16. The van der Waals surface area contributed by atoms with Crippen molar-refractivity contribution in [1.82, 2.24) is 4.90 Å². The van der Waals surface area contributed by atoms with E-state index >= 15 is 0 Å². The normalized spacial score (nSPS) is 25.8. The van der Waals surface area contributed by atoms with Crippen LogP contribution in [-0.4, -0.2) is 68.3 Å². The Hall–Kier alpha value is -0.160. The molecule has 0 radical (unpaired) electrons. The Morgan fingerprint density at radius 3 is 2.25 bits per heavy atom. The highest BCUT2D eigenvalue weighted by Crippen LogP contribution is 2.12. The van der Waals surface area contributed by atoms with E-state index < -0.39 is 6.35 Å². The quantitative estimate of drug-likeness (QED) is 0.445. The Kier molecular flexibility index (Phi) is 3.06. The van der Waals surface area contributed by atoms with E-state index in [0.717, 1.165) is 26.3 Å². The molecule has 1 saturated heterocycles. The monoisotopic (exact) mass is 175 g/mol. The van der Waals surface area contributed by atoms with Gasteiger partial charge in [-0.2, -0.15) is 0 Å². The summed E-state index contributed by atoms with van der Waals surface area (Å²) in [4.78, 5) is 1.84. The summed E-state index contributed by atoms with van der Waals surface area (Å²) in [5, 5.41) is 9.85. The van der Waals surface area contributed by atoms with E-state index in [-0.39, 0.29) is 0 Å². The first kappa shape index (κ1) is 9.92. The molecule has 12 heavy (non-hydrogen) atoms. The molecule has 72 valence electrons. The first-order chi connectivity index (χ1) is 5.56. The van der Waals surface area contributed by atoms with Crippen LogP contribution in [0, 0.1) is 0 Å². The van der Waals surface area contributed by atoms with E-state index in [9.17, 15) is 5.11 Å². The van der Waals surface area contributed by atoms with Gasteiger partial charge in [0.05, 0.1) is 20.3 Å². The Bertz CT molecular complexity index is 144. The van der Waals surface area contributed by atoms with E-state index in [2.05, 4.69) is 7.05 Å².